The molecule has 0 saturated carbocycles. The van der Waals surface area contributed by atoms with E-state index < -0.39 is 97.5 Å². The van der Waals surface area contributed by atoms with Crippen LogP contribution in [0, 0.1) is 23.7 Å². The van der Waals surface area contributed by atoms with E-state index in [9.17, 15) is 43.2 Å². The van der Waals surface area contributed by atoms with Crippen LogP contribution in [0.5, 0.6) is 0 Å². The highest BCUT2D eigenvalue weighted by Gasteiger charge is 2.30. The van der Waals surface area contributed by atoms with E-state index in [1.807, 2.05) is 0 Å². The SMILES string of the molecule is CCC(C)CCCCCCCCCCCCCCCCCCCCC(=O)O[C@H](COC(=O)CCCCCCCCC(C)CC)COP(=O)(O)OC[C@H](O)COP(=O)(O)OC[C@@H](COC(=O)CCCCCCCCCCC(C)CC)OC(=O)CCCCCCCCC(C)CC. The molecule has 0 heterocycles. The van der Waals surface area contributed by atoms with Crippen LogP contribution < -0.4 is 0 Å². The normalized spacial score (nSPS) is 15.3. The van der Waals surface area contributed by atoms with Gasteiger partial charge in [0.1, 0.15) is 19.3 Å². The van der Waals surface area contributed by atoms with Gasteiger partial charge in [-0.25, -0.2) is 9.13 Å². The number of hydrogen-bond donors (Lipinski definition) is 3. The van der Waals surface area contributed by atoms with Crippen molar-refractivity contribution >= 4 is 39.5 Å². The Labute approximate surface area is 575 Å². The number of carbonyl (C=O) groups is 4. The number of phosphoric acid groups is 2. The minimum absolute atomic E-state index is 0.102. The lowest BCUT2D eigenvalue weighted by Gasteiger charge is -2.21. The maximum atomic E-state index is 13.1. The molecule has 0 saturated heterocycles. The highest BCUT2D eigenvalue weighted by molar-refractivity contribution is 7.47. The molecule has 0 spiro atoms. The average molecular weight is 1380 g/mol. The lowest BCUT2D eigenvalue weighted by Crippen LogP contribution is -2.30. The van der Waals surface area contributed by atoms with Gasteiger partial charge in [0.2, 0.25) is 0 Å². The molecule has 0 rings (SSSR count). The summed E-state index contributed by atoms with van der Waals surface area (Å²) in [5.41, 5.74) is 0. The molecule has 9 atom stereocenters. The van der Waals surface area contributed by atoms with Crippen LogP contribution in [-0.2, 0) is 65.4 Å². The van der Waals surface area contributed by atoms with E-state index in [0.717, 1.165) is 120 Å². The van der Waals surface area contributed by atoms with Crippen LogP contribution in [0.25, 0.3) is 0 Å². The van der Waals surface area contributed by atoms with E-state index in [0.29, 0.717) is 25.7 Å². The largest absolute Gasteiger partial charge is 0.472 e. The Balaban J connectivity index is 5.17. The minimum Gasteiger partial charge on any atom is -0.462 e. The fourth-order valence-corrected chi connectivity index (χ4v) is 12.8. The Hall–Kier alpha value is -1.94. The number of aliphatic hydroxyl groups excluding tert-OH is 1. The zero-order chi connectivity index (χ0) is 69.6. The van der Waals surface area contributed by atoms with Gasteiger partial charge in [-0.05, 0) is 49.4 Å². The Morgan fingerprint density at radius 3 is 0.702 bits per heavy atom. The van der Waals surface area contributed by atoms with Crippen molar-refractivity contribution in [2.24, 2.45) is 23.7 Å². The Bertz CT molecular complexity index is 1860. The fourth-order valence-electron chi connectivity index (χ4n) is 11.2. The zero-order valence-electron chi connectivity index (χ0n) is 61.6. The van der Waals surface area contributed by atoms with Crippen molar-refractivity contribution in [2.75, 3.05) is 39.6 Å². The first kappa shape index (κ1) is 92.1. The van der Waals surface area contributed by atoms with Crippen LogP contribution in [0.4, 0.5) is 0 Å². The van der Waals surface area contributed by atoms with Crippen LogP contribution in [0.1, 0.15) is 376 Å². The summed E-state index contributed by atoms with van der Waals surface area (Å²) >= 11 is 0. The molecule has 0 radical (unpaired) electrons. The Morgan fingerprint density at radius 2 is 0.479 bits per heavy atom. The second kappa shape index (κ2) is 64.4. The van der Waals surface area contributed by atoms with E-state index in [4.69, 9.17) is 37.0 Å². The molecule has 0 aromatic rings. The zero-order valence-corrected chi connectivity index (χ0v) is 63.4. The van der Waals surface area contributed by atoms with Gasteiger partial charge in [0.15, 0.2) is 12.2 Å². The molecule has 17 nitrogen and oxygen atoms in total. The third-order valence-electron chi connectivity index (χ3n) is 18.8. The highest BCUT2D eigenvalue weighted by Crippen LogP contribution is 2.45. The smallest absolute Gasteiger partial charge is 0.462 e. The van der Waals surface area contributed by atoms with Crippen molar-refractivity contribution in [3.8, 4) is 0 Å². The molecule has 0 aromatic heterocycles. The number of esters is 4. The molecular weight excluding hydrogens is 1230 g/mol. The van der Waals surface area contributed by atoms with Gasteiger partial charge in [-0.1, -0.05) is 325 Å². The highest BCUT2D eigenvalue weighted by atomic mass is 31.2. The van der Waals surface area contributed by atoms with Gasteiger partial charge in [0, 0.05) is 25.7 Å². The third-order valence-corrected chi connectivity index (χ3v) is 20.7. The van der Waals surface area contributed by atoms with Crippen molar-refractivity contribution in [1.82, 2.24) is 0 Å². The van der Waals surface area contributed by atoms with Crippen LogP contribution >= 0.6 is 15.6 Å². The average Bonchev–Trinajstić information content (AvgIpc) is 1.81. The minimum atomic E-state index is -4.96. The van der Waals surface area contributed by atoms with E-state index in [2.05, 4.69) is 55.4 Å². The second-order valence-corrected chi connectivity index (χ2v) is 30.9. The topological polar surface area (TPSA) is 237 Å². The van der Waals surface area contributed by atoms with Gasteiger partial charge in [0.05, 0.1) is 26.4 Å². The molecule has 0 aliphatic rings. The van der Waals surface area contributed by atoms with Crippen molar-refractivity contribution in [3.05, 3.63) is 0 Å². The van der Waals surface area contributed by atoms with Gasteiger partial charge in [-0.15, -0.1) is 0 Å². The number of aliphatic hydroxyl groups is 1. The summed E-state index contributed by atoms with van der Waals surface area (Å²) in [7, 11) is -9.91. The van der Waals surface area contributed by atoms with E-state index in [-0.39, 0.29) is 25.7 Å². The standard InChI is InChI=1S/C75H146O17P2/c1-9-65(5)51-43-35-27-23-21-19-17-15-13-14-16-18-20-22-24-30-41-49-57-74(79)91-70(62-86-73(78)56-48-40-33-31-37-45-53-67(7)11-3)63-89-93(81,82)87-59-69(76)60-88-94(83,84)90-64-71(92-75(80)58-50-42-34-32-38-46-54-68(8)12-4)61-85-72(77)55-47-39-29-26-25-28-36-44-52-66(6)10-2/h65-71,76H,9-64H2,1-8H3,(H,81,82)(H,83,84)/t65?,66?,67?,68?,69-,70+,71+/m0/s1. The number of rotatable bonds is 72. The van der Waals surface area contributed by atoms with Crippen LogP contribution in [-0.4, -0.2) is 96.7 Å². The van der Waals surface area contributed by atoms with Crippen LogP contribution in [0.15, 0.2) is 0 Å². The van der Waals surface area contributed by atoms with Crippen LogP contribution in [0.2, 0.25) is 0 Å². The molecule has 3 N–H and O–H groups in total. The summed E-state index contributed by atoms with van der Waals surface area (Å²) in [5.74, 6) is 0.971. The molecule has 0 aromatic carbocycles. The molecule has 0 amide bonds. The van der Waals surface area contributed by atoms with Gasteiger partial charge in [-0.3, -0.25) is 37.3 Å². The first-order valence-electron chi connectivity index (χ1n) is 38.9. The Morgan fingerprint density at radius 1 is 0.287 bits per heavy atom. The van der Waals surface area contributed by atoms with Gasteiger partial charge in [-0.2, -0.15) is 0 Å². The summed E-state index contributed by atoms with van der Waals surface area (Å²) < 4.78 is 68.4. The second-order valence-electron chi connectivity index (χ2n) is 28.0. The lowest BCUT2D eigenvalue weighted by atomic mass is 9.99. The Kier molecular flexibility index (Phi) is 63.1. The number of ether oxygens (including phenoxy) is 4. The van der Waals surface area contributed by atoms with Crippen molar-refractivity contribution in [1.29, 1.82) is 0 Å². The number of phosphoric ester groups is 2. The molecule has 0 aliphatic heterocycles. The number of unbranched alkanes of at least 4 members (excludes halogenated alkanes) is 34. The molecule has 6 unspecified atom stereocenters. The van der Waals surface area contributed by atoms with Crippen LogP contribution in [0.3, 0.4) is 0 Å². The van der Waals surface area contributed by atoms with Gasteiger partial charge >= 0.3 is 39.5 Å². The summed E-state index contributed by atoms with van der Waals surface area (Å²) in [6, 6.07) is 0. The maximum absolute atomic E-state index is 13.1. The molecule has 558 valence electrons. The molecule has 19 heteroatoms. The molecule has 0 fully saturated rings. The quantitative estimate of drug-likeness (QED) is 0.0222. The summed E-state index contributed by atoms with van der Waals surface area (Å²) in [6.07, 6.45) is 48.7. The predicted octanol–water partition coefficient (Wildman–Crippen LogP) is 21.7. The van der Waals surface area contributed by atoms with E-state index in [1.165, 1.54) is 173 Å². The number of carbonyl (C=O) groups excluding carboxylic acids is 4. The molecule has 94 heavy (non-hydrogen) atoms. The van der Waals surface area contributed by atoms with Gasteiger partial charge in [0.25, 0.3) is 0 Å². The molecule has 0 aliphatic carbocycles. The van der Waals surface area contributed by atoms with E-state index >= 15 is 0 Å². The first-order chi connectivity index (χ1) is 45.2. The number of hydrogen-bond acceptors (Lipinski definition) is 15. The van der Waals surface area contributed by atoms with E-state index in [1.54, 1.807) is 0 Å². The third kappa shape index (κ3) is 63.5. The lowest BCUT2D eigenvalue weighted by molar-refractivity contribution is -0.161. The van der Waals surface area contributed by atoms with Gasteiger partial charge < -0.3 is 33.8 Å². The fraction of sp³-hybridized carbons (Fsp3) is 0.947. The summed E-state index contributed by atoms with van der Waals surface area (Å²) in [4.78, 5) is 72.7. The summed E-state index contributed by atoms with van der Waals surface area (Å²) in [6.45, 7) is 14.2. The first-order valence-corrected chi connectivity index (χ1v) is 41.8. The monoisotopic (exact) mass is 1380 g/mol. The van der Waals surface area contributed by atoms with Crippen molar-refractivity contribution in [3.63, 3.8) is 0 Å². The van der Waals surface area contributed by atoms with Crippen molar-refractivity contribution < 1.29 is 80.2 Å². The maximum Gasteiger partial charge on any atom is 0.472 e. The predicted molar refractivity (Wildman–Crippen MR) is 381 cm³/mol. The summed E-state index contributed by atoms with van der Waals surface area (Å²) in [5, 5.41) is 10.6. The molecule has 0 bridgehead atoms. The molecular formula is C75H146O17P2. The van der Waals surface area contributed by atoms with Crippen molar-refractivity contribution in [2.45, 2.75) is 395 Å².